The van der Waals surface area contributed by atoms with Gasteiger partial charge in [-0.25, -0.2) is 13.8 Å². The van der Waals surface area contributed by atoms with E-state index in [2.05, 4.69) is 20.9 Å². The van der Waals surface area contributed by atoms with E-state index in [1.165, 1.54) is 0 Å². The van der Waals surface area contributed by atoms with Crippen molar-refractivity contribution in [2.45, 2.75) is 0 Å². The zero-order valence-corrected chi connectivity index (χ0v) is 11.0. The Hall–Kier alpha value is -1.95. The normalized spacial score (nSPS) is 11.1. The Morgan fingerprint density at radius 3 is 2.63 bits per heavy atom. The van der Waals surface area contributed by atoms with Crippen molar-refractivity contribution in [1.82, 2.24) is 4.98 Å². The number of nitrogens with zero attached hydrogens (tertiary/aromatic N) is 1. The van der Waals surface area contributed by atoms with Gasteiger partial charge in [-0.2, -0.15) is 0 Å². The van der Waals surface area contributed by atoms with E-state index in [-0.39, 0.29) is 17.1 Å². The molecule has 0 amide bonds. The molecule has 96 valence electrons. The van der Waals surface area contributed by atoms with Gasteiger partial charge in [-0.15, -0.1) is 0 Å². The standard InChI is InChI=1S/C13H7BrF2N2O/c14-6-1-2-12-11(3-6)18-13(19-12)7-4-8(15)9(16)5-10(7)17/h1-5H,17H2. The summed E-state index contributed by atoms with van der Waals surface area (Å²) < 4.78 is 32.6. The molecule has 3 rings (SSSR count). The molecule has 2 N–H and O–H groups in total. The van der Waals surface area contributed by atoms with Crippen molar-refractivity contribution in [1.29, 1.82) is 0 Å². The van der Waals surface area contributed by atoms with Gasteiger partial charge < -0.3 is 10.2 Å². The molecule has 19 heavy (non-hydrogen) atoms. The fourth-order valence-electron chi connectivity index (χ4n) is 1.76. The molecule has 6 heteroatoms. The van der Waals surface area contributed by atoms with Gasteiger partial charge in [0, 0.05) is 16.2 Å². The summed E-state index contributed by atoms with van der Waals surface area (Å²) in [6, 6.07) is 7.18. The number of hydrogen-bond donors (Lipinski definition) is 1. The van der Waals surface area contributed by atoms with Crippen LogP contribution in [0.15, 0.2) is 39.2 Å². The van der Waals surface area contributed by atoms with E-state index in [0.29, 0.717) is 11.1 Å². The molecule has 0 fully saturated rings. The Bertz CT molecular complexity index is 786. The maximum Gasteiger partial charge on any atom is 0.229 e. The van der Waals surface area contributed by atoms with Crippen LogP contribution in [0, 0.1) is 11.6 Å². The Kier molecular flexibility index (Phi) is 2.74. The van der Waals surface area contributed by atoms with E-state index in [9.17, 15) is 8.78 Å². The Labute approximate surface area is 115 Å². The molecule has 0 aliphatic heterocycles. The molecule has 0 spiro atoms. The summed E-state index contributed by atoms with van der Waals surface area (Å²) in [5, 5.41) is 0. The summed E-state index contributed by atoms with van der Waals surface area (Å²) in [4.78, 5) is 4.21. The highest BCUT2D eigenvalue weighted by molar-refractivity contribution is 9.10. The van der Waals surface area contributed by atoms with Crippen molar-refractivity contribution in [2.24, 2.45) is 0 Å². The van der Waals surface area contributed by atoms with Gasteiger partial charge in [-0.1, -0.05) is 15.9 Å². The second-order valence-electron chi connectivity index (χ2n) is 3.98. The van der Waals surface area contributed by atoms with Crippen LogP contribution in [0.3, 0.4) is 0 Å². The molecule has 0 saturated heterocycles. The molecule has 3 nitrogen and oxygen atoms in total. The quantitative estimate of drug-likeness (QED) is 0.685. The van der Waals surface area contributed by atoms with Crippen LogP contribution < -0.4 is 5.73 Å². The Balaban J connectivity index is 2.21. The van der Waals surface area contributed by atoms with Gasteiger partial charge >= 0.3 is 0 Å². The SMILES string of the molecule is Nc1cc(F)c(F)cc1-c1nc2cc(Br)ccc2o1. The first-order chi connectivity index (χ1) is 9.04. The van der Waals surface area contributed by atoms with E-state index in [0.717, 1.165) is 16.6 Å². The third kappa shape index (κ3) is 2.08. The lowest BCUT2D eigenvalue weighted by Gasteiger charge is -2.01. The predicted molar refractivity (Wildman–Crippen MR) is 71.5 cm³/mol. The van der Waals surface area contributed by atoms with Gasteiger partial charge in [0.15, 0.2) is 17.2 Å². The predicted octanol–water partition coefficient (Wildman–Crippen LogP) is 4.12. The molecule has 0 aliphatic rings. The third-order valence-electron chi connectivity index (χ3n) is 2.67. The van der Waals surface area contributed by atoms with Crippen LogP contribution in [0.4, 0.5) is 14.5 Å². The topological polar surface area (TPSA) is 52.0 Å². The van der Waals surface area contributed by atoms with Crippen molar-refractivity contribution in [2.75, 3.05) is 5.73 Å². The van der Waals surface area contributed by atoms with E-state index in [1.54, 1.807) is 18.2 Å². The second-order valence-corrected chi connectivity index (χ2v) is 4.90. The van der Waals surface area contributed by atoms with E-state index >= 15 is 0 Å². The molecule has 1 heterocycles. The summed E-state index contributed by atoms with van der Waals surface area (Å²) >= 11 is 3.32. The summed E-state index contributed by atoms with van der Waals surface area (Å²) in [5.74, 6) is -1.84. The van der Waals surface area contributed by atoms with E-state index in [1.807, 2.05) is 0 Å². The fraction of sp³-hybridized carbons (Fsp3) is 0. The van der Waals surface area contributed by atoms with E-state index < -0.39 is 11.6 Å². The summed E-state index contributed by atoms with van der Waals surface area (Å²) in [5.41, 5.74) is 7.11. The summed E-state index contributed by atoms with van der Waals surface area (Å²) in [6.45, 7) is 0. The molecule has 0 saturated carbocycles. The second kappa shape index (κ2) is 4.31. The van der Waals surface area contributed by atoms with Crippen molar-refractivity contribution >= 4 is 32.7 Å². The average molecular weight is 325 g/mol. The average Bonchev–Trinajstić information content (AvgIpc) is 2.76. The first-order valence-electron chi connectivity index (χ1n) is 5.35. The van der Waals surface area contributed by atoms with Crippen LogP contribution in [-0.4, -0.2) is 4.98 Å². The molecule has 1 aromatic heterocycles. The zero-order valence-electron chi connectivity index (χ0n) is 9.45. The zero-order chi connectivity index (χ0) is 13.6. The maximum absolute atomic E-state index is 13.3. The van der Waals surface area contributed by atoms with Crippen LogP contribution in [0.25, 0.3) is 22.6 Å². The maximum atomic E-state index is 13.3. The highest BCUT2D eigenvalue weighted by Gasteiger charge is 2.15. The van der Waals surface area contributed by atoms with Crippen molar-refractivity contribution in [3.8, 4) is 11.5 Å². The number of nitrogens with two attached hydrogens (primary N) is 1. The van der Waals surface area contributed by atoms with Gasteiger partial charge in [0.2, 0.25) is 5.89 Å². The number of fused-ring (bicyclic) bond motifs is 1. The number of anilines is 1. The van der Waals surface area contributed by atoms with Crippen molar-refractivity contribution < 1.29 is 13.2 Å². The van der Waals surface area contributed by atoms with Gasteiger partial charge in [0.1, 0.15) is 5.52 Å². The van der Waals surface area contributed by atoms with E-state index in [4.69, 9.17) is 10.2 Å². The molecule has 0 unspecified atom stereocenters. The molecular formula is C13H7BrF2N2O. The lowest BCUT2D eigenvalue weighted by molar-refractivity contribution is 0.508. The first kappa shape index (κ1) is 12.1. The third-order valence-corrected chi connectivity index (χ3v) is 3.17. The van der Waals surface area contributed by atoms with Crippen LogP contribution >= 0.6 is 15.9 Å². The minimum absolute atomic E-state index is 0.0736. The number of benzene rings is 2. The lowest BCUT2D eigenvalue weighted by atomic mass is 10.1. The number of nitrogen functional groups attached to an aromatic ring is 1. The lowest BCUT2D eigenvalue weighted by Crippen LogP contribution is -1.94. The number of halogens is 3. The molecule has 3 aromatic rings. The minimum atomic E-state index is -1.000. The van der Waals surface area contributed by atoms with Gasteiger partial charge in [0.25, 0.3) is 0 Å². The first-order valence-corrected chi connectivity index (χ1v) is 6.15. The molecular weight excluding hydrogens is 318 g/mol. The molecule has 0 aliphatic carbocycles. The minimum Gasteiger partial charge on any atom is -0.436 e. The Morgan fingerprint density at radius 2 is 1.84 bits per heavy atom. The monoisotopic (exact) mass is 324 g/mol. The van der Waals surface area contributed by atoms with Crippen molar-refractivity contribution in [3.05, 3.63) is 46.4 Å². The molecule has 0 atom stereocenters. The molecule has 0 bridgehead atoms. The highest BCUT2D eigenvalue weighted by atomic mass is 79.9. The number of hydrogen-bond acceptors (Lipinski definition) is 3. The Morgan fingerprint density at radius 1 is 1.11 bits per heavy atom. The van der Waals surface area contributed by atoms with Crippen LogP contribution in [-0.2, 0) is 0 Å². The summed E-state index contributed by atoms with van der Waals surface area (Å²) in [7, 11) is 0. The van der Waals surface area contributed by atoms with Crippen LogP contribution in [0.2, 0.25) is 0 Å². The van der Waals surface area contributed by atoms with Crippen LogP contribution in [0.5, 0.6) is 0 Å². The fourth-order valence-corrected chi connectivity index (χ4v) is 2.11. The van der Waals surface area contributed by atoms with Gasteiger partial charge in [0.05, 0.1) is 5.56 Å². The van der Waals surface area contributed by atoms with Gasteiger partial charge in [-0.05, 0) is 24.3 Å². The highest BCUT2D eigenvalue weighted by Crippen LogP contribution is 2.31. The number of oxazole rings is 1. The summed E-state index contributed by atoms with van der Waals surface area (Å²) in [6.07, 6.45) is 0. The number of rotatable bonds is 1. The van der Waals surface area contributed by atoms with Crippen molar-refractivity contribution in [3.63, 3.8) is 0 Å². The van der Waals surface area contributed by atoms with Gasteiger partial charge in [-0.3, -0.25) is 0 Å². The smallest absolute Gasteiger partial charge is 0.229 e. The largest absolute Gasteiger partial charge is 0.436 e. The molecule has 2 aromatic carbocycles. The van der Waals surface area contributed by atoms with Crippen LogP contribution in [0.1, 0.15) is 0 Å². The molecule has 0 radical (unpaired) electrons. The number of aromatic nitrogens is 1.